The molecule has 0 aliphatic rings. The molecule has 0 spiro atoms. The molecule has 8 heteroatoms. The van der Waals surface area contributed by atoms with Crippen LogP contribution in [-0.4, -0.2) is 47.1 Å². The highest BCUT2D eigenvalue weighted by molar-refractivity contribution is 9.10. The Kier molecular flexibility index (Phi) is 7.37. The van der Waals surface area contributed by atoms with Crippen molar-refractivity contribution in [3.8, 4) is 5.75 Å². The number of pyridine rings is 1. The number of hydrogen-bond donors (Lipinski definition) is 2. The lowest BCUT2D eigenvalue weighted by atomic mass is 10.3. The summed E-state index contributed by atoms with van der Waals surface area (Å²) in [6.07, 6.45) is 2.70. The fraction of sp³-hybridized carbons (Fsp3) is 0.286. The third kappa shape index (κ3) is 6.69. The molecular formula is C21H25BrN6O. The van der Waals surface area contributed by atoms with Gasteiger partial charge in [-0.2, -0.15) is 4.98 Å². The molecule has 0 aliphatic carbocycles. The van der Waals surface area contributed by atoms with E-state index in [9.17, 15) is 0 Å². The Labute approximate surface area is 179 Å². The van der Waals surface area contributed by atoms with Crippen molar-refractivity contribution in [2.75, 3.05) is 37.9 Å². The number of halogens is 1. The predicted octanol–water partition coefficient (Wildman–Crippen LogP) is 4.76. The van der Waals surface area contributed by atoms with E-state index in [1.54, 1.807) is 6.20 Å². The van der Waals surface area contributed by atoms with E-state index in [0.29, 0.717) is 18.4 Å². The number of hydrogen-bond acceptors (Lipinski definition) is 7. The summed E-state index contributed by atoms with van der Waals surface area (Å²) in [6, 6.07) is 13.6. The largest absolute Gasteiger partial charge is 0.494 e. The van der Waals surface area contributed by atoms with Crippen molar-refractivity contribution in [1.29, 1.82) is 0 Å². The summed E-state index contributed by atoms with van der Waals surface area (Å²) < 4.78 is 6.52. The first-order valence-electron chi connectivity index (χ1n) is 9.37. The van der Waals surface area contributed by atoms with Gasteiger partial charge in [0.05, 0.1) is 11.1 Å². The van der Waals surface area contributed by atoms with Crippen LogP contribution in [0.3, 0.4) is 0 Å². The van der Waals surface area contributed by atoms with Gasteiger partial charge in [0.1, 0.15) is 11.6 Å². The van der Waals surface area contributed by atoms with Crippen molar-refractivity contribution < 1.29 is 4.74 Å². The molecule has 0 aliphatic heterocycles. The van der Waals surface area contributed by atoms with Crippen LogP contribution in [0.4, 0.5) is 23.3 Å². The lowest BCUT2D eigenvalue weighted by molar-refractivity contribution is 0.281. The van der Waals surface area contributed by atoms with E-state index in [1.165, 1.54) is 0 Å². The standard InChI is InChI=1S/C21H25BrN6O/c1-15-6-4-7-19(24-15)26-20-18(22)14-23-21(27-20)25-16-8-10-17(11-9-16)29-13-5-12-28(2)3/h4,6-11,14H,5,12-13H2,1-3H3,(H2,23,24,25,26,27). The molecule has 0 saturated heterocycles. The minimum Gasteiger partial charge on any atom is -0.494 e. The molecule has 3 rings (SSSR count). The van der Waals surface area contributed by atoms with Gasteiger partial charge in [0.15, 0.2) is 5.82 Å². The molecule has 0 bridgehead atoms. The van der Waals surface area contributed by atoms with Crippen molar-refractivity contribution in [2.45, 2.75) is 13.3 Å². The zero-order valence-corrected chi connectivity index (χ0v) is 18.4. The Morgan fingerprint density at radius 1 is 1.03 bits per heavy atom. The van der Waals surface area contributed by atoms with E-state index in [0.717, 1.165) is 40.4 Å². The number of anilines is 4. The van der Waals surface area contributed by atoms with Crippen LogP contribution in [0.25, 0.3) is 0 Å². The highest BCUT2D eigenvalue weighted by Gasteiger charge is 2.07. The highest BCUT2D eigenvalue weighted by Crippen LogP contribution is 2.25. The normalized spacial score (nSPS) is 10.8. The molecule has 0 fully saturated rings. The molecule has 7 nitrogen and oxygen atoms in total. The van der Waals surface area contributed by atoms with Crippen LogP contribution in [0.2, 0.25) is 0 Å². The van der Waals surface area contributed by atoms with Gasteiger partial charge < -0.3 is 20.3 Å². The summed E-state index contributed by atoms with van der Waals surface area (Å²) in [6.45, 7) is 3.65. The first-order chi connectivity index (χ1) is 14.0. The second-order valence-corrected chi connectivity index (χ2v) is 7.69. The van der Waals surface area contributed by atoms with E-state index in [-0.39, 0.29) is 0 Å². The van der Waals surface area contributed by atoms with Crippen LogP contribution in [0.15, 0.2) is 53.1 Å². The number of nitrogens with zero attached hydrogens (tertiary/aromatic N) is 4. The topological polar surface area (TPSA) is 75.2 Å². The van der Waals surface area contributed by atoms with Crippen LogP contribution in [0.1, 0.15) is 12.1 Å². The van der Waals surface area contributed by atoms with E-state index in [1.807, 2.05) is 49.4 Å². The fourth-order valence-electron chi connectivity index (χ4n) is 2.58. The van der Waals surface area contributed by atoms with Gasteiger partial charge in [-0.25, -0.2) is 9.97 Å². The summed E-state index contributed by atoms with van der Waals surface area (Å²) in [4.78, 5) is 15.5. The molecule has 0 amide bonds. The molecule has 2 heterocycles. The SMILES string of the molecule is Cc1cccc(Nc2nc(Nc3ccc(OCCCN(C)C)cc3)ncc2Br)n1. The maximum absolute atomic E-state index is 5.76. The number of nitrogens with one attached hydrogen (secondary N) is 2. The molecule has 0 saturated carbocycles. The predicted molar refractivity (Wildman–Crippen MR) is 120 cm³/mol. The average molecular weight is 457 g/mol. The Balaban J connectivity index is 1.61. The molecule has 29 heavy (non-hydrogen) atoms. The quantitative estimate of drug-likeness (QED) is 0.449. The molecule has 2 aromatic heterocycles. The third-order valence-corrected chi connectivity index (χ3v) is 4.59. The summed E-state index contributed by atoms with van der Waals surface area (Å²) >= 11 is 3.48. The van der Waals surface area contributed by atoms with Gasteiger partial charge in [0, 0.05) is 24.1 Å². The number of ether oxygens (including phenoxy) is 1. The van der Waals surface area contributed by atoms with Crippen molar-refractivity contribution in [3.63, 3.8) is 0 Å². The molecule has 1 aromatic carbocycles. The summed E-state index contributed by atoms with van der Waals surface area (Å²) in [5, 5.41) is 6.42. The molecule has 0 atom stereocenters. The lowest BCUT2D eigenvalue weighted by Gasteiger charge is -2.12. The van der Waals surface area contributed by atoms with Gasteiger partial charge >= 0.3 is 0 Å². The lowest BCUT2D eigenvalue weighted by Crippen LogP contribution is -2.15. The van der Waals surface area contributed by atoms with Crippen molar-refractivity contribution in [1.82, 2.24) is 19.9 Å². The van der Waals surface area contributed by atoms with E-state index in [4.69, 9.17) is 4.74 Å². The smallest absolute Gasteiger partial charge is 0.229 e. The third-order valence-electron chi connectivity index (χ3n) is 4.01. The molecule has 0 radical (unpaired) electrons. The zero-order valence-electron chi connectivity index (χ0n) is 16.8. The molecular weight excluding hydrogens is 432 g/mol. The van der Waals surface area contributed by atoms with Gasteiger partial charge in [-0.3, -0.25) is 0 Å². The van der Waals surface area contributed by atoms with Crippen LogP contribution >= 0.6 is 15.9 Å². The molecule has 3 aromatic rings. The fourth-order valence-corrected chi connectivity index (χ4v) is 2.87. The second-order valence-electron chi connectivity index (χ2n) is 6.83. The summed E-state index contributed by atoms with van der Waals surface area (Å²) in [5.74, 6) is 2.70. The van der Waals surface area contributed by atoms with Crippen LogP contribution in [-0.2, 0) is 0 Å². The Morgan fingerprint density at radius 3 is 2.55 bits per heavy atom. The van der Waals surface area contributed by atoms with Crippen molar-refractivity contribution >= 4 is 39.2 Å². The maximum atomic E-state index is 5.76. The van der Waals surface area contributed by atoms with Gasteiger partial charge in [-0.15, -0.1) is 0 Å². The number of rotatable bonds is 9. The number of aryl methyl sites for hydroxylation is 1. The number of aromatic nitrogens is 3. The van der Waals surface area contributed by atoms with E-state index in [2.05, 4.69) is 60.5 Å². The Bertz CT molecular complexity index is 933. The monoisotopic (exact) mass is 456 g/mol. The molecule has 2 N–H and O–H groups in total. The van der Waals surface area contributed by atoms with Crippen LogP contribution in [0, 0.1) is 6.92 Å². The van der Waals surface area contributed by atoms with Crippen LogP contribution in [0.5, 0.6) is 5.75 Å². The molecule has 0 unspecified atom stereocenters. The van der Waals surface area contributed by atoms with Gasteiger partial charge in [-0.05, 0) is 79.8 Å². The number of benzene rings is 1. The second kappa shape index (κ2) is 10.2. The minimum absolute atomic E-state index is 0.489. The molecule has 152 valence electrons. The van der Waals surface area contributed by atoms with E-state index < -0.39 is 0 Å². The minimum atomic E-state index is 0.489. The zero-order chi connectivity index (χ0) is 20.6. The average Bonchev–Trinajstić information content (AvgIpc) is 2.69. The maximum Gasteiger partial charge on any atom is 0.229 e. The van der Waals surface area contributed by atoms with Crippen molar-refractivity contribution in [2.24, 2.45) is 0 Å². The van der Waals surface area contributed by atoms with Gasteiger partial charge in [0.25, 0.3) is 0 Å². The van der Waals surface area contributed by atoms with Crippen molar-refractivity contribution in [3.05, 3.63) is 58.8 Å². The van der Waals surface area contributed by atoms with Gasteiger partial charge in [0.2, 0.25) is 5.95 Å². The first-order valence-corrected chi connectivity index (χ1v) is 10.2. The van der Waals surface area contributed by atoms with Gasteiger partial charge in [-0.1, -0.05) is 6.07 Å². The highest BCUT2D eigenvalue weighted by atomic mass is 79.9. The Morgan fingerprint density at radius 2 is 1.83 bits per heavy atom. The first kappa shape index (κ1) is 21.0. The summed E-state index contributed by atoms with van der Waals surface area (Å²) in [5.41, 5.74) is 1.81. The Hall–Kier alpha value is -2.71. The van der Waals surface area contributed by atoms with Crippen LogP contribution < -0.4 is 15.4 Å². The van der Waals surface area contributed by atoms with E-state index >= 15 is 0 Å². The summed E-state index contributed by atoms with van der Waals surface area (Å²) in [7, 11) is 4.12.